The molecule has 3 nitrogen and oxygen atoms in total. The smallest absolute Gasteiger partial charge is 0.0706 e. The predicted octanol–water partition coefficient (Wildman–Crippen LogP) is 0.866. The van der Waals surface area contributed by atoms with Gasteiger partial charge in [0.25, 0.3) is 0 Å². The van der Waals surface area contributed by atoms with Crippen LogP contribution in [0.5, 0.6) is 0 Å². The molecule has 1 aliphatic heterocycles. The topological polar surface area (TPSA) is 32.7 Å². The van der Waals surface area contributed by atoms with Gasteiger partial charge in [-0.3, -0.25) is 0 Å². The summed E-state index contributed by atoms with van der Waals surface area (Å²) in [4.78, 5) is 2.13. The molecule has 0 aromatic heterocycles. The van der Waals surface area contributed by atoms with Crippen LogP contribution in [0.1, 0.15) is 26.7 Å². The second kappa shape index (κ2) is 4.94. The van der Waals surface area contributed by atoms with Gasteiger partial charge in [0.15, 0.2) is 0 Å². The Hall–Kier alpha value is -0.120. The average molecular weight is 187 g/mol. The normalized spacial score (nSPS) is 31.2. The Morgan fingerprint density at radius 2 is 2.23 bits per heavy atom. The maximum atomic E-state index is 9.17. The van der Waals surface area contributed by atoms with Crippen molar-refractivity contribution in [1.29, 1.82) is 0 Å². The highest BCUT2D eigenvalue weighted by Gasteiger charge is 2.22. The molecule has 0 aliphatic carbocycles. The Labute approximate surface area is 80.7 Å². The molecular formula is C10H21NO2. The van der Waals surface area contributed by atoms with Gasteiger partial charge >= 0.3 is 0 Å². The molecular weight excluding hydrogens is 166 g/mol. The molecule has 13 heavy (non-hydrogen) atoms. The van der Waals surface area contributed by atoms with E-state index in [1.807, 2.05) is 14.0 Å². The highest BCUT2D eigenvalue weighted by Crippen LogP contribution is 2.19. The number of rotatable bonds is 4. The van der Waals surface area contributed by atoms with Crippen LogP contribution in [-0.2, 0) is 4.74 Å². The zero-order valence-corrected chi connectivity index (χ0v) is 8.86. The molecule has 1 heterocycles. The minimum absolute atomic E-state index is 0.246. The second-order valence-electron chi connectivity index (χ2n) is 4.22. The number of nitrogens with zero attached hydrogens (tertiary/aromatic N) is 1. The third kappa shape index (κ3) is 4.07. The highest BCUT2D eigenvalue weighted by atomic mass is 16.5. The minimum atomic E-state index is -0.246. The van der Waals surface area contributed by atoms with Crippen molar-refractivity contribution < 1.29 is 9.84 Å². The van der Waals surface area contributed by atoms with Crippen molar-refractivity contribution in [3.05, 3.63) is 0 Å². The maximum absolute atomic E-state index is 9.17. The number of ether oxygens (including phenoxy) is 1. The molecule has 0 saturated carbocycles. The lowest BCUT2D eigenvalue weighted by molar-refractivity contribution is 0.0285. The molecule has 3 heteroatoms. The molecule has 1 saturated heterocycles. The van der Waals surface area contributed by atoms with Crippen molar-refractivity contribution in [2.45, 2.75) is 45.0 Å². The van der Waals surface area contributed by atoms with Gasteiger partial charge in [0, 0.05) is 13.1 Å². The first-order valence-corrected chi connectivity index (χ1v) is 5.10. The molecule has 0 bridgehead atoms. The van der Waals surface area contributed by atoms with E-state index in [0.29, 0.717) is 12.2 Å². The number of hydrogen-bond acceptors (Lipinski definition) is 3. The lowest BCUT2D eigenvalue weighted by atomic mass is 10.2. The van der Waals surface area contributed by atoms with E-state index in [-0.39, 0.29) is 6.10 Å². The second-order valence-corrected chi connectivity index (χ2v) is 4.22. The van der Waals surface area contributed by atoms with Crippen LogP contribution in [0.2, 0.25) is 0 Å². The van der Waals surface area contributed by atoms with E-state index in [1.165, 1.54) is 6.42 Å². The average Bonchev–Trinajstić information content (AvgIpc) is 2.33. The zero-order chi connectivity index (χ0) is 9.84. The first kappa shape index (κ1) is 11.0. The number of aliphatic hydroxyl groups is 1. The molecule has 1 rings (SSSR count). The van der Waals surface area contributed by atoms with Gasteiger partial charge in [-0.2, -0.15) is 0 Å². The van der Waals surface area contributed by atoms with Crippen LogP contribution >= 0.6 is 0 Å². The third-order valence-electron chi connectivity index (χ3n) is 2.41. The summed E-state index contributed by atoms with van der Waals surface area (Å²) in [6.45, 7) is 5.60. The van der Waals surface area contributed by atoms with Crippen molar-refractivity contribution in [1.82, 2.24) is 4.90 Å². The standard InChI is InChI=1S/C10H21NO2/c1-8(12)6-11(3)7-10-5-4-9(2)13-10/h8-10,12H,4-7H2,1-3H3. The van der Waals surface area contributed by atoms with Gasteiger partial charge in [0.05, 0.1) is 18.3 Å². The summed E-state index contributed by atoms with van der Waals surface area (Å²) >= 11 is 0. The van der Waals surface area contributed by atoms with Crippen LogP contribution < -0.4 is 0 Å². The van der Waals surface area contributed by atoms with Crippen molar-refractivity contribution in [3.63, 3.8) is 0 Å². The molecule has 0 spiro atoms. The predicted molar refractivity (Wildman–Crippen MR) is 52.7 cm³/mol. The monoisotopic (exact) mass is 187 g/mol. The summed E-state index contributed by atoms with van der Waals surface area (Å²) in [5.41, 5.74) is 0. The molecule has 3 atom stereocenters. The molecule has 1 fully saturated rings. The van der Waals surface area contributed by atoms with Gasteiger partial charge in [-0.05, 0) is 33.7 Å². The molecule has 78 valence electrons. The van der Waals surface area contributed by atoms with E-state index in [4.69, 9.17) is 9.84 Å². The first-order valence-electron chi connectivity index (χ1n) is 5.10. The Balaban J connectivity index is 2.16. The van der Waals surface area contributed by atoms with Gasteiger partial charge in [-0.25, -0.2) is 0 Å². The van der Waals surface area contributed by atoms with E-state index in [1.54, 1.807) is 0 Å². The van der Waals surface area contributed by atoms with E-state index >= 15 is 0 Å². The van der Waals surface area contributed by atoms with E-state index in [0.717, 1.165) is 19.5 Å². The van der Waals surface area contributed by atoms with Crippen molar-refractivity contribution >= 4 is 0 Å². The summed E-state index contributed by atoms with van der Waals surface area (Å²) in [6, 6.07) is 0. The minimum Gasteiger partial charge on any atom is -0.392 e. The van der Waals surface area contributed by atoms with Crippen LogP contribution in [0.4, 0.5) is 0 Å². The SMILES string of the molecule is CC(O)CN(C)CC1CCC(C)O1. The number of hydrogen-bond donors (Lipinski definition) is 1. The molecule has 0 radical (unpaired) electrons. The lowest BCUT2D eigenvalue weighted by Gasteiger charge is -2.21. The summed E-state index contributed by atoms with van der Waals surface area (Å²) in [5.74, 6) is 0. The fourth-order valence-electron chi connectivity index (χ4n) is 1.89. The van der Waals surface area contributed by atoms with Crippen LogP contribution in [-0.4, -0.2) is 48.5 Å². The van der Waals surface area contributed by atoms with Gasteiger partial charge < -0.3 is 14.7 Å². The largest absolute Gasteiger partial charge is 0.392 e. The van der Waals surface area contributed by atoms with Gasteiger partial charge in [-0.15, -0.1) is 0 Å². The number of likely N-dealkylation sites (N-methyl/N-ethyl adjacent to an activating group) is 1. The fourth-order valence-corrected chi connectivity index (χ4v) is 1.89. The summed E-state index contributed by atoms with van der Waals surface area (Å²) in [6.07, 6.45) is 2.88. The first-order chi connectivity index (χ1) is 6.08. The molecule has 1 N–H and O–H groups in total. The van der Waals surface area contributed by atoms with Gasteiger partial charge in [-0.1, -0.05) is 0 Å². The fraction of sp³-hybridized carbons (Fsp3) is 1.00. The zero-order valence-electron chi connectivity index (χ0n) is 8.86. The Morgan fingerprint density at radius 3 is 2.69 bits per heavy atom. The van der Waals surface area contributed by atoms with Crippen LogP contribution in [0.15, 0.2) is 0 Å². The Morgan fingerprint density at radius 1 is 1.54 bits per heavy atom. The van der Waals surface area contributed by atoms with Crippen LogP contribution in [0, 0.1) is 0 Å². The summed E-state index contributed by atoms with van der Waals surface area (Å²) in [5, 5.41) is 9.17. The van der Waals surface area contributed by atoms with E-state index < -0.39 is 0 Å². The van der Waals surface area contributed by atoms with Crippen molar-refractivity contribution in [3.8, 4) is 0 Å². The quantitative estimate of drug-likeness (QED) is 0.708. The van der Waals surface area contributed by atoms with Crippen molar-refractivity contribution in [2.75, 3.05) is 20.1 Å². The third-order valence-corrected chi connectivity index (χ3v) is 2.41. The molecule has 0 amide bonds. The Bertz CT molecular complexity index is 150. The van der Waals surface area contributed by atoms with E-state index in [9.17, 15) is 0 Å². The van der Waals surface area contributed by atoms with Gasteiger partial charge in [0.1, 0.15) is 0 Å². The molecule has 1 aliphatic rings. The summed E-state index contributed by atoms with van der Waals surface area (Å²) < 4.78 is 5.69. The summed E-state index contributed by atoms with van der Waals surface area (Å²) in [7, 11) is 2.03. The maximum Gasteiger partial charge on any atom is 0.0706 e. The highest BCUT2D eigenvalue weighted by molar-refractivity contribution is 4.73. The van der Waals surface area contributed by atoms with Crippen molar-refractivity contribution in [2.24, 2.45) is 0 Å². The molecule has 0 aromatic carbocycles. The molecule has 0 aromatic rings. The van der Waals surface area contributed by atoms with Crippen LogP contribution in [0.25, 0.3) is 0 Å². The molecule has 3 unspecified atom stereocenters. The number of aliphatic hydroxyl groups excluding tert-OH is 1. The lowest BCUT2D eigenvalue weighted by Crippen LogP contribution is -2.34. The van der Waals surface area contributed by atoms with E-state index in [2.05, 4.69) is 11.8 Å². The van der Waals surface area contributed by atoms with Crippen LogP contribution in [0.3, 0.4) is 0 Å². The Kier molecular flexibility index (Phi) is 4.16. The van der Waals surface area contributed by atoms with Gasteiger partial charge in [0.2, 0.25) is 0 Å².